The molecule has 0 aliphatic heterocycles. The van der Waals surface area contributed by atoms with Crippen LogP contribution in [0.5, 0.6) is 0 Å². The van der Waals surface area contributed by atoms with E-state index in [1.54, 1.807) is 6.08 Å². The zero-order chi connectivity index (χ0) is 16.8. The van der Waals surface area contributed by atoms with E-state index >= 15 is 0 Å². The van der Waals surface area contributed by atoms with Gasteiger partial charge in [-0.1, -0.05) is 39.8 Å². The minimum atomic E-state index is -0.835. The van der Waals surface area contributed by atoms with Crippen LogP contribution in [0.1, 0.15) is 66.2 Å². The smallest absolute Gasteiger partial charge is 0.0797 e. The van der Waals surface area contributed by atoms with Gasteiger partial charge in [0.25, 0.3) is 0 Å². The van der Waals surface area contributed by atoms with Crippen LogP contribution < -0.4 is 0 Å². The van der Waals surface area contributed by atoms with E-state index in [0.29, 0.717) is 12.3 Å². The summed E-state index contributed by atoms with van der Waals surface area (Å²) in [6, 6.07) is 0. The van der Waals surface area contributed by atoms with Gasteiger partial charge in [-0.05, 0) is 67.3 Å². The lowest BCUT2D eigenvalue weighted by atomic mass is 9.46. The fraction of sp³-hybridized carbons (Fsp3) is 0.800. The summed E-state index contributed by atoms with van der Waals surface area (Å²) >= 11 is 0. The van der Waals surface area contributed by atoms with E-state index in [1.165, 1.54) is 19.3 Å². The first kappa shape index (κ1) is 17.7. The normalized spacial score (nSPS) is 40.6. The third-order valence-corrected chi connectivity index (χ3v) is 6.79. The van der Waals surface area contributed by atoms with Crippen molar-refractivity contribution < 1.29 is 10.2 Å². The highest BCUT2D eigenvalue weighted by Crippen LogP contribution is 2.61. The third kappa shape index (κ3) is 3.05. The fourth-order valence-electron chi connectivity index (χ4n) is 5.26. The molecule has 0 aromatic heterocycles. The highest BCUT2D eigenvalue weighted by Gasteiger charge is 2.54. The van der Waals surface area contributed by atoms with Gasteiger partial charge in [-0.15, -0.1) is 6.58 Å². The molecule has 0 aromatic carbocycles. The molecular weight excluding hydrogens is 272 g/mol. The molecule has 2 fully saturated rings. The van der Waals surface area contributed by atoms with Crippen molar-refractivity contribution in [2.75, 3.05) is 0 Å². The molecule has 0 radical (unpaired) electrons. The van der Waals surface area contributed by atoms with Gasteiger partial charge in [-0.3, -0.25) is 0 Å². The van der Waals surface area contributed by atoms with Crippen molar-refractivity contribution in [1.82, 2.24) is 0 Å². The van der Waals surface area contributed by atoms with Gasteiger partial charge in [0.2, 0.25) is 0 Å². The Morgan fingerprint density at radius 2 is 1.95 bits per heavy atom. The number of rotatable bonds is 4. The fourth-order valence-corrected chi connectivity index (χ4v) is 5.26. The molecule has 0 bridgehead atoms. The average molecular weight is 306 g/mol. The van der Waals surface area contributed by atoms with Gasteiger partial charge in [-0.25, -0.2) is 0 Å². The van der Waals surface area contributed by atoms with Crippen LogP contribution in [0.25, 0.3) is 0 Å². The van der Waals surface area contributed by atoms with E-state index in [0.717, 1.165) is 18.4 Å². The van der Waals surface area contributed by atoms with Crippen LogP contribution in [0.15, 0.2) is 24.8 Å². The van der Waals surface area contributed by atoms with Crippen LogP contribution in [0.2, 0.25) is 0 Å². The van der Waals surface area contributed by atoms with Gasteiger partial charge in [0.05, 0.1) is 11.7 Å². The summed E-state index contributed by atoms with van der Waals surface area (Å²) in [5.74, 6) is 0.806. The molecule has 2 aliphatic rings. The summed E-state index contributed by atoms with van der Waals surface area (Å²) in [7, 11) is 0. The molecule has 0 spiro atoms. The lowest BCUT2D eigenvalue weighted by Crippen LogP contribution is -2.53. The van der Waals surface area contributed by atoms with Crippen molar-refractivity contribution in [2.45, 2.75) is 77.9 Å². The molecule has 2 saturated carbocycles. The Morgan fingerprint density at radius 3 is 2.55 bits per heavy atom. The maximum absolute atomic E-state index is 10.5. The molecule has 2 rings (SSSR count). The largest absolute Gasteiger partial charge is 0.389 e. The van der Waals surface area contributed by atoms with Gasteiger partial charge < -0.3 is 10.2 Å². The van der Waals surface area contributed by atoms with Gasteiger partial charge in [0.1, 0.15) is 0 Å². The maximum Gasteiger partial charge on any atom is 0.0797 e. The molecule has 2 N–H and O–H groups in total. The zero-order valence-corrected chi connectivity index (χ0v) is 14.9. The topological polar surface area (TPSA) is 40.5 Å². The lowest BCUT2D eigenvalue weighted by molar-refractivity contribution is -0.0868. The first-order valence-corrected chi connectivity index (χ1v) is 8.76. The van der Waals surface area contributed by atoms with Crippen LogP contribution in [-0.2, 0) is 0 Å². The van der Waals surface area contributed by atoms with Gasteiger partial charge in [0, 0.05) is 0 Å². The molecule has 126 valence electrons. The second kappa shape index (κ2) is 5.79. The molecule has 0 saturated heterocycles. The van der Waals surface area contributed by atoms with Gasteiger partial charge in [0.15, 0.2) is 0 Å². The predicted molar refractivity (Wildman–Crippen MR) is 92.5 cm³/mol. The van der Waals surface area contributed by atoms with Crippen LogP contribution in [0.3, 0.4) is 0 Å². The summed E-state index contributed by atoms with van der Waals surface area (Å²) in [6.07, 6.45) is 7.31. The van der Waals surface area contributed by atoms with Crippen LogP contribution in [-0.4, -0.2) is 21.9 Å². The molecule has 22 heavy (non-hydrogen) atoms. The van der Waals surface area contributed by atoms with E-state index in [9.17, 15) is 10.2 Å². The maximum atomic E-state index is 10.5. The van der Waals surface area contributed by atoms with E-state index in [2.05, 4.69) is 33.9 Å². The standard InChI is InChI=1S/C20H34O2/c1-7-19(5,22)12-9-15-14(2)16(21)13-17-18(3,4)10-8-11-20(15,17)6/h7,15-17,21-22H,1-2,8-13H2,3-6H3/t15-,16-,17-,19+,20+/m0/s1. The SMILES string of the molecule is C=C[C@@](C)(O)CC[C@H]1C(=C)[C@@H](O)C[C@H]2C(C)(C)CCC[C@]12C. The van der Waals surface area contributed by atoms with Crippen LogP contribution >= 0.6 is 0 Å². The van der Waals surface area contributed by atoms with Crippen molar-refractivity contribution >= 4 is 0 Å². The number of aliphatic hydroxyl groups excluding tert-OH is 1. The minimum Gasteiger partial charge on any atom is -0.389 e. The number of aliphatic hydroxyl groups is 2. The third-order valence-electron chi connectivity index (χ3n) is 6.79. The first-order chi connectivity index (χ1) is 10.0. The average Bonchev–Trinajstić information content (AvgIpc) is 2.41. The summed E-state index contributed by atoms with van der Waals surface area (Å²) in [6.45, 7) is 16.9. The minimum absolute atomic E-state index is 0.190. The Morgan fingerprint density at radius 1 is 1.32 bits per heavy atom. The number of hydrogen-bond donors (Lipinski definition) is 2. The van der Waals surface area contributed by atoms with E-state index < -0.39 is 11.7 Å². The van der Waals surface area contributed by atoms with E-state index in [4.69, 9.17) is 0 Å². The highest BCUT2D eigenvalue weighted by atomic mass is 16.3. The number of fused-ring (bicyclic) bond motifs is 1. The predicted octanol–water partition coefficient (Wildman–Crippen LogP) is 4.47. The second-order valence-corrected chi connectivity index (χ2v) is 8.88. The van der Waals surface area contributed by atoms with Crippen molar-refractivity contribution in [1.29, 1.82) is 0 Å². The molecule has 2 heteroatoms. The van der Waals surface area contributed by atoms with E-state index in [-0.39, 0.29) is 16.7 Å². The van der Waals surface area contributed by atoms with Crippen LogP contribution in [0.4, 0.5) is 0 Å². The van der Waals surface area contributed by atoms with Crippen LogP contribution in [0, 0.1) is 22.7 Å². The molecule has 0 amide bonds. The van der Waals surface area contributed by atoms with E-state index in [1.807, 2.05) is 6.92 Å². The summed E-state index contributed by atoms with van der Waals surface area (Å²) in [5.41, 5.74) is 0.610. The second-order valence-electron chi connectivity index (χ2n) is 8.88. The zero-order valence-electron chi connectivity index (χ0n) is 14.9. The Labute approximate surface area is 136 Å². The molecule has 2 nitrogen and oxygen atoms in total. The summed E-state index contributed by atoms with van der Waals surface area (Å²) in [4.78, 5) is 0. The highest BCUT2D eigenvalue weighted by molar-refractivity contribution is 5.20. The molecule has 0 unspecified atom stereocenters. The van der Waals surface area contributed by atoms with Crippen molar-refractivity contribution in [2.24, 2.45) is 22.7 Å². The monoisotopic (exact) mass is 306 g/mol. The Hall–Kier alpha value is -0.600. The summed E-state index contributed by atoms with van der Waals surface area (Å²) < 4.78 is 0. The Balaban J connectivity index is 2.28. The first-order valence-electron chi connectivity index (χ1n) is 8.76. The molecule has 0 heterocycles. The van der Waals surface area contributed by atoms with Crippen molar-refractivity contribution in [3.05, 3.63) is 24.8 Å². The molecular formula is C20H34O2. The molecule has 0 aromatic rings. The van der Waals surface area contributed by atoms with Crippen molar-refractivity contribution in [3.63, 3.8) is 0 Å². The molecule has 5 atom stereocenters. The number of hydrogen-bond acceptors (Lipinski definition) is 2. The van der Waals surface area contributed by atoms with Crippen molar-refractivity contribution in [3.8, 4) is 0 Å². The quantitative estimate of drug-likeness (QED) is 0.752. The van der Waals surface area contributed by atoms with Gasteiger partial charge >= 0.3 is 0 Å². The Bertz CT molecular complexity index is 449. The summed E-state index contributed by atoms with van der Waals surface area (Å²) in [5, 5.41) is 20.8. The molecule has 2 aliphatic carbocycles. The van der Waals surface area contributed by atoms with Gasteiger partial charge in [-0.2, -0.15) is 0 Å². The Kier molecular flexibility index (Phi) is 4.68. The lowest BCUT2D eigenvalue weighted by Gasteiger charge is -2.59.